The van der Waals surface area contributed by atoms with Crippen LogP contribution in [0.15, 0.2) is 34.8 Å². The molecular weight excluding hydrogens is 314 g/mol. The van der Waals surface area contributed by atoms with Crippen molar-refractivity contribution in [1.82, 2.24) is 0 Å². The van der Waals surface area contributed by atoms with Crippen molar-refractivity contribution >= 4 is 27.3 Å². The number of hydrogen-bond donors (Lipinski definition) is 1. The lowest BCUT2D eigenvalue weighted by Crippen LogP contribution is -1.97. The summed E-state index contributed by atoms with van der Waals surface area (Å²) in [5.74, 6) is -0.832. The minimum absolute atomic E-state index is 0.194. The van der Waals surface area contributed by atoms with Crippen molar-refractivity contribution in [2.45, 2.75) is 6.92 Å². The number of rotatable bonds is 2. The van der Waals surface area contributed by atoms with Crippen LogP contribution in [0.3, 0.4) is 0 Å². The molecule has 0 spiro atoms. The maximum atomic E-state index is 13.3. The van der Waals surface area contributed by atoms with Gasteiger partial charge >= 0.3 is 0 Å². The summed E-state index contributed by atoms with van der Waals surface area (Å²) >= 11 is 3.10. The average Bonchev–Trinajstić information content (AvgIpc) is 2.37. The van der Waals surface area contributed by atoms with E-state index in [4.69, 9.17) is 5.26 Å². The van der Waals surface area contributed by atoms with Gasteiger partial charge in [0.25, 0.3) is 0 Å². The lowest BCUT2D eigenvalue weighted by atomic mass is 10.1. The standard InChI is InChI=1S/C14H9BrF2N2/c1-8-4-12(17)11(15)6-14(8)19-13-3-2-10(16)5-9(13)7-18/h2-6,19H,1H3. The highest BCUT2D eigenvalue weighted by Crippen LogP contribution is 2.28. The molecule has 0 saturated carbocycles. The molecule has 19 heavy (non-hydrogen) atoms. The van der Waals surface area contributed by atoms with Crippen molar-refractivity contribution in [2.24, 2.45) is 0 Å². The van der Waals surface area contributed by atoms with Gasteiger partial charge in [0.05, 0.1) is 15.7 Å². The first-order valence-electron chi connectivity index (χ1n) is 5.43. The van der Waals surface area contributed by atoms with Crippen LogP contribution in [0, 0.1) is 29.9 Å². The van der Waals surface area contributed by atoms with Crippen molar-refractivity contribution in [3.05, 3.63) is 57.6 Å². The molecule has 0 aromatic heterocycles. The van der Waals surface area contributed by atoms with Gasteiger partial charge in [0.15, 0.2) is 0 Å². The van der Waals surface area contributed by atoms with Crippen LogP contribution in [0.2, 0.25) is 0 Å². The van der Waals surface area contributed by atoms with E-state index in [-0.39, 0.29) is 11.4 Å². The Morgan fingerprint density at radius 1 is 1.16 bits per heavy atom. The molecule has 5 heteroatoms. The smallest absolute Gasteiger partial charge is 0.137 e. The molecule has 0 atom stereocenters. The van der Waals surface area contributed by atoms with Crippen molar-refractivity contribution in [3.63, 3.8) is 0 Å². The quantitative estimate of drug-likeness (QED) is 0.873. The normalized spacial score (nSPS) is 10.1. The number of aryl methyl sites for hydroxylation is 1. The van der Waals surface area contributed by atoms with E-state index in [1.165, 1.54) is 18.2 Å². The number of nitrogens with one attached hydrogen (secondary N) is 1. The van der Waals surface area contributed by atoms with Crippen molar-refractivity contribution < 1.29 is 8.78 Å². The van der Waals surface area contributed by atoms with E-state index in [2.05, 4.69) is 21.2 Å². The van der Waals surface area contributed by atoms with Gasteiger partial charge in [0, 0.05) is 5.69 Å². The van der Waals surface area contributed by atoms with Crippen LogP contribution in [-0.4, -0.2) is 0 Å². The van der Waals surface area contributed by atoms with Crippen LogP contribution < -0.4 is 5.32 Å². The molecule has 0 amide bonds. The van der Waals surface area contributed by atoms with Crippen LogP contribution in [-0.2, 0) is 0 Å². The first-order chi connectivity index (χ1) is 9.01. The Morgan fingerprint density at radius 2 is 1.89 bits per heavy atom. The number of nitrogens with zero attached hydrogens (tertiary/aromatic N) is 1. The molecule has 96 valence electrons. The number of hydrogen-bond acceptors (Lipinski definition) is 2. The highest BCUT2D eigenvalue weighted by molar-refractivity contribution is 9.10. The summed E-state index contributed by atoms with van der Waals surface area (Å²) in [6, 6.07) is 8.76. The Kier molecular flexibility index (Phi) is 3.82. The molecule has 2 nitrogen and oxygen atoms in total. The van der Waals surface area contributed by atoms with Crippen LogP contribution in [0.25, 0.3) is 0 Å². The van der Waals surface area contributed by atoms with E-state index in [1.807, 2.05) is 6.07 Å². The van der Waals surface area contributed by atoms with E-state index in [0.717, 1.165) is 6.07 Å². The third kappa shape index (κ3) is 2.91. The van der Waals surface area contributed by atoms with Gasteiger partial charge in [-0.1, -0.05) is 0 Å². The molecule has 1 N–H and O–H groups in total. The number of nitriles is 1. The summed E-state index contributed by atoms with van der Waals surface area (Å²) in [4.78, 5) is 0. The molecule has 0 aliphatic heterocycles. The molecule has 0 aliphatic rings. The second-order valence-electron chi connectivity index (χ2n) is 4.01. The first kappa shape index (κ1) is 13.5. The molecule has 0 heterocycles. The zero-order valence-electron chi connectivity index (χ0n) is 9.97. The second-order valence-corrected chi connectivity index (χ2v) is 4.86. The van der Waals surface area contributed by atoms with E-state index in [9.17, 15) is 8.78 Å². The zero-order chi connectivity index (χ0) is 14.0. The lowest BCUT2D eigenvalue weighted by molar-refractivity contribution is 0.620. The molecule has 0 unspecified atom stereocenters. The Labute approximate surface area is 117 Å². The molecule has 2 aromatic carbocycles. The van der Waals surface area contributed by atoms with Crippen LogP contribution in [0.4, 0.5) is 20.2 Å². The fourth-order valence-corrected chi connectivity index (χ4v) is 1.99. The highest BCUT2D eigenvalue weighted by atomic mass is 79.9. The third-order valence-corrected chi connectivity index (χ3v) is 3.25. The lowest BCUT2D eigenvalue weighted by Gasteiger charge is -2.12. The monoisotopic (exact) mass is 322 g/mol. The van der Waals surface area contributed by atoms with Crippen molar-refractivity contribution in [1.29, 1.82) is 5.26 Å². The van der Waals surface area contributed by atoms with E-state index < -0.39 is 5.82 Å². The van der Waals surface area contributed by atoms with Crippen LogP contribution in [0.5, 0.6) is 0 Å². The first-order valence-corrected chi connectivity index (χ1v) is 6.23. The zero-order valence-corrected chi connectivity index (χ0v) is 11.6. The van der Waals surface area contributed by atoms with Gasteiger partial charge in [-0.3, -0.25) is 0 Å². The molecule has 2 rings (SSSR count). The molecular formula is C14H9BrF2N2. The Morgan fingerprint density at radius 3 is 2.58 bits per heavy atom. The minimum Gasteiger partial charge on any atom is -0.354 e. The molecule has 0 saturated heterocycles. The second kappa shape index (κ2) is 5.37. The number of anilines is 2. The fraction of sp³-hybridized carbons (Fsp3) is 0.0714. The molecule has 0 fully saturated rings. The van der Waals surface area contributed by atoms with E-state index >= 15 is 0 Å². The Hall–Kier alpha value is -1.93. The molecule has 0 radical (unpaired) electrons. The number of halogens is 3. The van der Waals surface area contributed by atoms with Gasteiger partial charge in [-0.2, -0.15) is 5.26 Å². The van der Waals surface area contributed by atoms with Gasteiger partial charge < -0.3 is 5.32 Å². The summed E-state index contributed by atoms with van der Waals surface area (Å²) in [7, 11) is 0. The van der Waals surface area contributed by atoms with E-state index in [0.29, 0.717) is 21.4 Å². The number of benzene rings is 2. The summed E-state index contributed by atoms with van der Waals surface area (Å²) in [5, 5.41) is 12.0. The van der Waals surface area contributed by atoms with Crippen LogP contribution in [0.1, 0.15) is 11.1 Å². The summed E-state index contributed by atoms with van der Waals surface area (Å²) in [6.07, 6.45) is 0. The summed E-state index contributed by atoms with van der Waals surface area (Å²) in [5.41, 5.74) is 2.01. The summed E-state index contributed by atoms with van der Waals surface area (Å²) < 4.78 is 26.7. The third-order valence-electron chi connectivity index (χ3n) is 2.64. The highest BCUT2D eigenvalue weighted by Gasteiger charge is 2.08. The minimum atomic E-state index is -0.473. The van der Waals surface area contributed by atoms with Crippen LogP contribution >= 0.6 is 15.9 Å². The van der Waals surface area contributed by atoms with Gasteiger partial charge in [-0.15, -0.1) is 0 Å². The van der Waals surface area contributed by atoms with Gasteiger partial charge in [-0.25, -0.2) is 8.78 Å². The maximum Gasteiger partial charge on any atom is 0.137 e. The molecule has 0 bridgehead atoms. The molecule has 0 aliphatic carbocycles. The average molecular weight is 323 g/mol. The Balaban J connectivity index is 2.42. The summed E-state index contributed by atoms with van der Waals surface area (Å²) in [6.45, 7) is 1.74. The Bertz CT molecular complexity index is 678. The van der Waals surface area contributed by atoms with Gasteiger partial charge in [0.2, 0.25) is 0 Å². The van der Waals surface area contributed by atoms with Gasteiger partial charge in [0.1, 0.15) is 17.7 Å². The van der Waals surface area contributed by atoms with Gasteiger partial charge in [-0.05, 0) is 58.7 Å². The topological polar surface area (TPSA) is 35.8 Å². The van der Waals surface area contributed by atoms with E-state index in [1.54, 1.807) is 13.0 Å². The van der Waals surface area contributed by atoms with Crippen molar-refractivity contribution in [2.75, 3.05) is 5.32 Å². The predicted octanol–water partition coefficient (Wildman–Crippen LogP) is 4.65. The maximum absolute atomic E-state index is 13.3. The largest absolute Gasteiger partial charge is 0.354 e. The SMILES string of the molecule is Cc1cc(F)c(Br)cc1Nc1ccc(F)cc1C#N. The van der Waals surface area contributed by atoms with Crippen molar-refractivity contribution in [3.8, 4) is 6.07 Å². The predicted molar refractivity (Wildman–Crippen MR) is 73.2 cm³/mol. The fourth-order valence-electron chi connectivity index (χ4n) is 1.64. The molecule has 2 aromatic rings.